The lowest BCUT2D eigenvalue weighted by molar-refractivity contribution is 0.332. The molecule has 4 heteroatoms. The van der Waals surface area contributed by atoms with Gasteiger partial charge in [-0.25, -0.2) is 0 Å². The number of rotatable bonds is 7. The molecule has 7 aromatic rings. The van der Waals surface area contributed by atoms with Crippen LogP contribution in [0, 0.1) is 0 Å². The molecule has 0 saturated carbocycles. The van der Waals surface area contributed by atoms with Crippen molar-refractivity contribution in [1.29, 1.82) is 0 Å². The van der Waals surface area contributed by atoms with Crippen LogP contribution in [-0.4, -0.2) is 0 Å². The van der Waals surface area contributed by atoms with E-state index >= 15 is 0 Å². The van der Waals surface area contributed by atoms with Gasteiger partial charge in [-0.15, -0.1) is 0 Å². The van der Waals surface area contributed by atoms with Crippen LogP contribution in [0.2, 0.25) is 0 Å². The molecule has 0 amide bonds. The average molecular weight is 816 g/mol. The third kappa shape index (κ3) is 7.77. The van der Waals surface area contributed by atoms with Gasteiger partial charge in [0.25, 0.3) is 0 Å². The van der Waals surface area contributed by atoms with E-state index in [1.165, 1.54) is 39.8 Å². The summed E-state index contributed by atoms with van der Waals surface area (Å²) in [5, 5.41) is 3.87. The molecule has 0 radical (unpaired) electrons. The number of ether oxygens (including phenoxy) is 1. The van der Waals surface area contributed by atoms with E-state index in [-0.39, 0.29) is 21.7 Å². The molecule has 9 rings (SSSR count). The number of benzene rings is 7. The van der Waals surface area contributed by atoms with E-state index < -0.39 is 0 Å². The Hall–Kier alpha value is -6.26. The largest absolute Gasteiger partial charge is 0.453 e. The van der Waals surface area contributed by atoms with Crippen molar-refractivity contribution in [2.45, 2.75) is 104 Å². The molecular formula is C58H61N3O. The molecule has 4 nitrogen and oxygen atoms in total. The fraction of sp³-hybridized carbons (Fsp3) is 0.276. The highest BCUT2D eigenvalue weighted by atomic mass is 16.5. The van der Waals surface area contributed by atoms with Gasteiger partial charge in [0.1, 0.15) is 0 Å². The Morgan fingerprint density at radius 3 is 1.73 bits per heavy atom. The van der Waals surface area contributed by atoms with Gasteiger partial charge in [-0.3, -0.25) is 0 Å². The van der Waals surface area contributed by atoms with Gasteiger partial charge in [0.15, 0.2) is 11.5 Å². The highest BCUT2D eigenvalue weighted by Crippen LogP contribution is 2.54. The SMILES string of the molecule is CC(C)(C)c1ccc(Nc2cc(N(c3ccc4c(c3)C(C)(C)CCC4(C)C)c3ccc(C(C)(C)C)cc3-c3ccccc3)cc(N3c4ccccc4Oc4ccccc43)c2)cc1. The maximum absolute atomic E-state index is 6.53. The number of fused-ring (bicyclic) bond motifs is 3. The maximum Gasteiger partial charge on any atom is 0.151 e. The van der Waals surface area contributed by atoms with Gasteiger partial charge >= 0.3 is 0 Å². The van der Waals surface area contributed by atoms with E-state index in [0.717, 1.165) is 63.4 Å². The first-order valence-corrected chi connectivity index (χ1v) is 22.3. The van der Waals surface area contributed by atoms with Gasteiger partial charge in [0, 0.05) is 22.6 Å². The number of anilines is 8. The van der Waals surface area contributed by atoms with Crippen molar-refractivity contribution in [3.05, 3.63) is 180 Å². The molecule has 7 aromatic carbocycles. The molecule has 0 unspecified atom stereocenters. The van der Waals surface area contributed by atoms with Crippen molar-refractivity contribution in [3.8, 4) is 22.6 Å². The van der Waals surface area contributed by atoms with Gasteiger partial charge in [-0.2, -0.15) is 0 Å². The molecule has 0 spiro atoms. The van der Waals surface area contributed by atoms with Crippen molar-refractivity contribution in [1.82, 2.24) is 0 Å². The molecule has 2 aliphatic rings. The lowest BCUT2D eigenvalue weighted by Gasteiger charge is -2.42. The Labute approximate surface area is 370 Å². The molecule has 62 heavy (non-hydrogen) atoms. The van der Waals surface area contributed by atoms with Gasteiger partial charge in [-0.05, 0) is 141 Å². The molecule has 314 valence electrons. The van der Waals surface area contributed by atoms with Crippen LogP contribution in [0.1, 0.15) is 104 Å². The summed E-state index contributed by atoms with van der Waals surface area (Å²) in [7, 11) is 0. The molecule has 1 aliphatic carbocycles. The average Bonchev–Trinajstić information content (AvgIpc) is 3.24. The molecular weight excluding hydrogens is 755 g/mol. The topological polar surface area (TPSA) is 27.7 Å². The number of nitrogens with one attached hydrogen (secondary N) is 1. The second kappa shape index (κ2) is 15.3. The predicted molar refractivity (Wildman–Crippen MR) is 264 cm³/mol. The van der Waals surface area contributed by atoms with E-state index in [0.29, 0.717) is 0 Å². The minimum absolute atomic E-state index is 0.0277. The normalized spacial score (nSPS) is 15.2. The van der Waals surface area contributed by atoms with Crippen molar-refractivity contribution < 1.29 is 4.74 Å². The van der Waals surface area contributed by atoms with Gasteiger partial charge < -0.3 is 19.9 Å². The zero-order valence-corrected chi connectivity index (χ0v) is 38.2. The Balaban J connectivity index is 1.33. The molecule has 0 fully saturated rings. The van der Waals surface area contributed by atoms with E-state index in [1.807, 2.05) is 12.1 Å². The first-order chi connectivity index (χ1) is 29.5. The Kier molecular flexibility index (Phi) is 10.1. The molecule has 1 heterocycles. The van der Waals surface area contributed by atoms with Crippen molar-refractivity contribution in [2.24, 2.45) is 0 Å². The first-order valence-electron chi connectivity index (χ1n) is 22.3. The van der Waals surface area contributed by atoms with Crippen LogP contribution in [0.15, 0.2) is 158 Å². The van der Waals surface area contributed by atoms with Crippen molar-refractivity contribution in [3.63, 3.8) is 0 Å². The fourth-order valence-electron chi connectivity index (χ4n) is 9.32. The second-order valence-electron chi connectivity index (χ2n) is 20.7. The zero-order valence-electron chi connectivity index (χ0n) is 38.2. The number of hydrogen-bond acceptors (Lipinski definition) is 4. The maximum atomic E-state index is 6.53. The first kappa shape index (κ1) is 41.1. The standard InChI is InChI=1S/C58H61N3O/c1-55(2,3)40-24-27-42(28-25-40)59-43-35-45(37-46(36-43)61-51-20-14-16-22-53(51)62-54-23-17-15-21-52(54)61)60(44-29-30-48-49(38-44)58(9,10)33-32-57(48,7)8)50-31-26-41(56(4,5)6)34-47(50)39-18-12-11-13-19-39/h11-31,34-38,59H,32-33H2,1-10H3. The molecule has 0 saturated heterocycles. The molecule has 0 bridgehead atoms. The third-order valence-corrected chi connectivity index (χ3v) is 13.2. The number of para-hydroxylation sites is 4. The minimum atomic E-state index is -0.0367. The number of nitrogens with zero attached hydrogens (tertiary/aromatic N) is 2. The Morgan fingerprint density at radius 1 is 0.516 bits per heavy atom. The van der Waals surface area contributed by atoms with Crippen LogP contribution in [0.3, 0.4) is 0 Å². The van der Waals surface area contributed by atoms with Crippen molar-refractivity contribution >= 4 is 45.5 Å². The minimum Gasteiger partial charge on any atom is -0.453 e. The van der Waals surface area contributed by atoms with Crippen LogP contribution >= 0.6 is 0 Å². The summed E-state index contributed by atoms with van der Waals surface area (Å²) in [6.07, 6.45) is 2.30. The smallest absolute Gasteiger partial charge is 0.151 e. The zero-order chi connectivity index (χ0) is 43.6. The quantitative estimate of drug-likeness (QED) is 0.173. The van der Waals surface area contributed by atoms with Crippen LogP contribution in [-0.2, 0) is 21.7 Å². The Bertz CT molecular complexity index is 2720. The summed E-state index contributed by atoms with van der Waals surface area (Å²) >= 11 is 0. The van der Waals surface area contributed by atoms with Gasteiger partial charge in [0.05, 0.1) is 28.4 Å². The van der Waals surface area contributed by atoms with Gasteiger partial charge in [-0.1, -0.05) is 148 Å². The Morgan fingerprint density at radius 2 is 1.10 bits per heavy atom. The third-order valence-electron chi connectivity index (χ3n) is 13.2. The summed E-state index contributed by atoms with van der Waals surface area (Å²) in [5.41, 5.74) is 16.3. The summed E-state index contributed by atoms with van der Waals surface area (Å²) in [5.74, 6) is 1.65. The summed E-state index contributed by atoms with van der Waals surface area (Å²) in [6, 6.07) is 57.8. The van der Waals surface area contributed by atoms with Gasteiger partial charge in [0.2, 0.25) is 0 Å². The molecule has 0 atom stereocenters. The summed E-state index contributed by atoms with van der Waals surface area (Å²) in [6.45, 7) is 23.3. The fourth-order valence-corrected chi connectivity index (χ4v) is 9.32. The van der Waals surface area contributed by atoms with Crippen LogP contribution in [0.5, 0.6) is 11.5 Å². The lowest BCUT2D eigenvalue weighted by atomic mass is 9.63. The highest BCUT2D eigenvalue weighted by Gasteiger charge is 2.38. The summed E-state index contributed by atoms with van der Waals surface area (Å²) < 4.78 is 6.53. The summed E-state index contributed by atoms with van der Waals surface area (Å²) in [4.78, 5) is 4.85. The molecule has 1 aliphatic heterocycles. The molecule has 1 N–H and O–H groups in total. The van der Waals surface area contributed by atoms with E-state index in [1.54, 1.807) is 0 Å². The number of hydrogen-bond donors (Lipinski definition) is 1. The highest BCUT2D eigenvalue weighted by molar-refractivity contribution is 5.94. The molecule has 0 aromatic heterocycles. The predicted octanol–water partition coefficient (Wildman–Crippen LogP) is 17.1. The van der Waals surface area contributed by atoms with E-state index in [2.05, 4.69) is 230 Å². The second-order valence-corrected chi connectivity index (χ2v) is 20.7. The van der Waals surface area contributed by atoms with Crippen LogP contribution < -0.4 is 19.9 Å². The van der Waals surface area contributed by atoms with Crippen LogP contribution in [0.4, 0.5) is 45.5 Å². The van der Waals surface area contributed by atoms with E-state index in [4.69, 9.17) is 4.74 Å². The van der Waals surface area contributed by atoms with Crippen LogP contribution in [0.25, 0.3) is 11.1 Å². The monoisotopic (exact) mass is 815 g/mol. The van der Waals surface area contributed by atoms with Crippen molar-refractivity contribution in [2.75, 3.05) is 15.1 Å². The lowest BCUT2D eigenvalue weighted by Crippen LogP contribution is -2.34. The van der Waals surface area contributed by atoms with E-state index in [9.17, 15) is 0 Å².